The Morgan fingerprint density at radius 2 is 1.42 bits per heavy atom. The lowest BCUT2D eigenvalue weighted by atomic mass is 10.2. The van der Waals surface area contributed by atoms with Crippen LogP contribution >= 0.6 is 11.8 Å². The fraction of sp³-hybridized carbons (Fsp3) is 0.0870. The third-order valence-electron chi connectivity index (χ3n) is 3.68. The van der Waals surface area contributed by atoms with Crippen molar-refractivity contribution in [3.63, 3.8) is 0 Å². The smallest absolute Gasteiger partial charge is 0.126 e. The van der Waals surface area contributed by atoms with Crippen LogP contribution in [0.2, 0.25) is 0 Å². The lowest BCUT2D eigenvalue weighted by Gasteiger charge is -2.10. The maximum Gasteiger partial charge on any atom is 0.126 e. The van der Waals surface area contributed by atoms with E-state index in [1.165, 1.54) is 0 Å². The topological polar surface area (TPSA) is 21.6 Å². The first-order valence-corrected chi connectivity index (χ1v) is 9.44. The van der Waals surface area contributed by atoms with Crippen molar-refractivity contribution in [3.8, 4) is 5.75 Å². The molecule has 0 heterocycles. The van der Waals surface area contributed by atoms with Gasteiger partial charge in [-0.3, -0.25) is 0 Å². The number of aliphatic imine (C=N–C) groups is 1. The summed E-state index contributed by atoms with van der Waals surface area (Å²) in [5.41, 5.74) is 2.00. The highest BCUT2D eigenvalue weighted by Crippen LogP contribution is 2.28. The van der Waals surface area contributed by atoms with Crippen LogP contribution in [-0.4, -0.2) is 5.04 Å². The van der Waals surface area contributed by atoms with E-state index < -0.39 is 0 Å². The van der Waals surface area contributed by atoms with Gasteiger partial charge in [0.25, 0.3) is 0 Å². The minimum atomic E-state index is 0.822. The molecule has 0 bridgehead atoms. The molecular formula is C23H21NOS. The Hall–Kier alpha value is -2.78. The molecule has 0 atom stereocenters. The van der Waals surface area contributed by atoms with Crippen molar-refractivity contribution in [2.24, 2.45) is 4.99 Å². The van der Waals surface area contributed by atoms with E-state index in [0.717, 1.165) is 33.4 Å². The van der Waals surface area contributed by atoms with E-state index in [-0.39, 0.29) is 0 Å². The van der Waals surface area contributed by atoms with Gasteiger partial charge >= 0.3 is 0 Å². The molecule has 3 aromatic carbocycles. The Kier molecular flexibility index (Phi) is 6.68. The Labute approximate surface area is 159 Å². The summed E-state index contributed by atoms with van der Waals surface area (Å²) in [5.74, 6) is 0.822. The molecule has 0 aromatic heterocycles. The van der Waals surface area contributed by atoms with Crippen LogP contribution in [0.5, 0.6) is 5.75 Å². The highest BCUT2D eigenvalue weighted by molar-refractivity contribution is 8.14. The van der Waals surface area contributed by atoms with Gasteiger partial charge in [0, 0.05) is 10.5 Å². The average Bonchev–Trinajstić information content (AvgIpc) is 2.71. The Morgan fingerprint density at radius 1 is 0.846 bits per heavy atom. The fourth-order valence-corrected chi connectivity index (χ4v) is 3.29. The number of ether oxygens (including phenoxy) is 1. The highest BCUT2D eigenvalue weighted by atomic mass is 32.2. The van der Waals surface area contributed by atoms with E-state index >= 15 is 0 Å². The lowest BCUT2D eigenvalue weighted by molar-refractivity contribution is 0.477. The number of benzene rings is 3. The zero-order chi connectivity index (χ0) is 18.0. The van der Waals surface area contributed by atoms with Crippen LogP contribution in [0, 0.1) is 0 Å². The number of nitrogens with zero attached hydrogens (tertiary/aromatic N) is 1. The van der Waals surface area contributed by atoms with Crippen LogP contribution in [0.1, 0.15) is 13.3 Å². The van der Waals surface area contributed by atoms with Crippen LogP contribution in [-0.2, 0) is 0 Å². The first-order valence-electron chi connectivity index (χ1n) is 8.63. The first-order chi connectivity index (χ1) is 12.8. The second-order valence-corrected chi connectivity index (χ2v) is 6.66. The standard InChI is InChI=1S/C23H21NOS/c1-2-19(18-25-21-14-8-4-9-15-21)23(24-20-12-6-3-7-13-20)26-22-16-10-5-11-17-22/h3-18H,2H2,1H3/b19-18+,24-23?. The van der Waals surface area contributed by atoms with Crippen molar-refractivity contribution >= 4 is 22.5 Å². The monoisotopic (exact) mass is 359 g/mol. The average molecular weight is 359 g/mol. The zero-order valence-corrected chi connectivity index (χ0v) is 15.5. The Balaban J connectivity index is 1.91. The third kappa shape index (κ3) is 5.36. The maximum absolute atomic E-state index is 5.86. The minimum Gasteiger partial charge on any atom is -0.465 e. The second kappa shape index (κ2) is 9.64. The fourth-order valence-electron chi connectivity index (χ4n) is 2.30. The van der Waals surface area contributed by atoms with E-state index in [9.17, 15) is 0 Å². The molecule has 26 heavy (non-hydrogen) atoms. The molecule has 0 unspecified atom stereocenters. The van der Waals surface area contributed by atoms with Gasteiger partial charge in [-0.15, -0.1) is 0 Å². The van der Waals surface area contributed by atoms with Crippen LogP contribution in [0.4, 0.5) is 5.69 Å². The summed E-state index contributed by atoms with van der Waals surface area (Å²) in [4.78, 5) is 6.02. The molecule has 0 aliphatic rings. The van der Waals surface area contributed by atoms with Gasteiger partial charge in [0.05, 0.1) is 11.9 Å². The van der Waals surface area contributed by atoms with Gasteiger partial charge in [-0.25, -0.2) is 4.99 Å². The molecule has 2 nitrogen and oxygen atoms in total. The molecule has 3 rings (SSSR count). The molecule has 0 spiro atoms. The molecule has 0 N–H and O–H groups in total. The van der Waals surface area contributed by atoms with E-state index in [0.29, 0.717) is 0 Å². The summed E-state index contributed by atoms with van der Waals surface area (Å²) in [6, 6.07) is 30.1. The first kappa shape index (κ1) is 18.0. The predicted octanol–water partition coefficient (Wildman–Crippen LogP) is 6.88. The van der Waals surface area contributed by atoms with E-state index in [4.69, 9.17) is 9.73 Å². The molecule has 0 amide bonds. The van der Waals surface area contributed by atoms with Crippen LogP contribution in [0.25, 0.3) is 0 Å². The number of hydrogen-bond acceptors (Lipinski definition) is 3. The molecular weight excluding hydrogens is 338 g/mol. The van der Waals surface area contributed by atoms with Crippen LogP contribution in [0.15, 0.2) is 113 Å². The molecule has 0 radical (unpaired) electrons. The SMILES string of the molecule is CC/C(=C\Oc1ccccc1)C(=Nc1ccccc1)Sc1ccccc1. The molecule has 0 fully saturated rings. The minimum absolute atomic E-state index is 0.822. The van der Waals surface area contributed by atoms with Crippen molar-refractivity contribution in [2.75, 3.05) is 0 Å². The molecule has 0 saturated heterocycles. The quantitative estimate of drug-likeness (QED) is 0.207. The van der Waals surface area contributed by atoms with Gasteiger partial charge in [-0.2, -0.15) is 0 Å². The summed E-state index contributed by atoms with van der Waals surface area (Å²) in [5, 5.41) is 0.945. The van der Waals surface area contributed by atoms with Crippen LogP contribution < -0.4 is 4.74 Å². The van der Waals surface area contributed by atoms with Gasteiger partial charge in [-0.1, -0.05) is 73.3 Å². The van der Waals surface area contributed by atoms with Crippen molar-refractivity contribution in [2.45, 2.75) is 18.2 Å². The summed E-state index contributed by atoms with van der Waals surface area (Å²) < 4.78 is 5.86. The van der Waals surface area contributed by atoms with Gasteiger partial charge in [0.2, 0.25) is 0 Å². The third-order valence-corrected chi connectivity index (χ3v) is 4.74. The molecule has 3 aromatic rings. The number of hydrogen-bond donors (Lipinski definition) is 0. The van der Waals surface area contributed by atoms with Crippen molar-refractivity contribution < 1.29 is 4.74 Å². The predicted molar refractivity (Wildman–Crippen MR) is 111 cm³/mol. The maximum atomic E-state index is 5.86. The summed E-state index contributed by atoms with van der Waals surface area (Å²) in [7, 11) is 0. The van der Waals surface area contributed by atoms with E-state index in [2.05, 4.69) is 19.1 Å². The Morgan fingerprint density at radius 3 is 2.04 bits per heavy atom. The zero-order valence-electron chi connectivity index (χ0n) is 14.7. The summed E-state index contributed by atoms with van der Waals surface area (Å²) in [6.45, 7) is 2.12. The van der Waals surface area contributed by atoms with Crippen molar-refractivity contribution in [1.82, 2.24) is 0 Å². The summed E-state index contributed by atoms with van der Waals surface area (Å²) in [6.07, 6.45) is 2.64. The molecule has 0 aliphatic carbocycles. The van der Waals surface area contributed by atoms with Crippen molar-refractivity contribution in [1.29, 1.82) is 0 Å². The number of para-hydroxylation sites is 2. The largest absolute Gasteiger partial charge is 0.465 e. The van der Waals surface area contributed by atoms with E-state index in [1.54, 1.807) is 11.8 Å². The van der Waals surface area contributed by atoms with E-state index in [1.807, 2.05) is 85.1 Å². The van der Waals surface area contributed by atoms with Gasteiger partial charge in [0.15, 0.2) is 0 Å². The van der Waals surface area contributed by atoms with Crippen LogP contribution in [0.3, 0.4) is 0 Å². The van der Waals surface area contributed by atoms with Gasteiger partial charge < -0.3 is 4.74 Å². The Bertz CT molecular complexity index is 858. The molecule has 0 aliphatic heterocycles. The summed E-state index contributed by atoms with van der Waals surface area (Å²) >= 11 is 1.65. The molecule has 3 heteroatoms. The van der Waals surface area contributed by atoms with Gasteiger partial charge in [0.1, 0.15) is 10.8 Å². The number of thioether (sulfide) groups is 1. The van der Waals surface area contributed by atoms with Gasteiger partial charge in [-0.05, 0) is 42.8 Å². The number of rotatable bonds is 6. The molecule has 0 saturated carbocycles. The molecule has 130 valence electrons. The normalized spacial score (nSPS) is 12.0. The lowest BCUT2D eigenvalue weighted by Crippen LogP contribution is -2.00. The highest BCUT2D eigenvalue weighted by Gasteiger charge is 2.09. The van der Waals surface area contributed by atoms with Crippen molar-refractivity contribution in [3.05, 3.63) is 103 Å². The second-order valence-electron chi connectivity index (χ2n) is 5.60.